The molecule has 0 aromatic heterocycles. The summed E-state index contributed by atoms with van der Waals surface area (Å²) in [5.41, 5.74) is 0.550. The normalized spacial score (nSPS) is 23.2. The van der Waals surface area contributed by atoms with E-state index in [2.05, 4.69) is 14.8 Å². The number of nitrogens with one attached hydrogen (secondary N) is 3. The number of hydrogen-bond donors (Lipinski definition) is 3. The van der Waals surface area contributed by atoms with Crippen molar-refractivity contribution in [2.45, 2.75) is 93.9 Å². The smallest absolute Gasteiger partial charge is 0.240 e. The molecule has 0 aliphatic heterocycles. The third kappa shape index (κ3) is 6.76. The lowest BCUT2D eigenvalue weighted by Gasteiger charge is -2.28. The summed E-state index contributed by atoms with van der Waals surface area (Å²) in [7, 11) is -6.89. The fourth-order valence-electron chi connectivity index (χ4n) is 4.31. The molecule has 8 nitrogen and oxygen atoms in total. The van der Waals surface area contributed by atoms with Gasteiger partial charge < -0.3 is 5.32 Å². The minimum absolute atomic E-state index is 0.00623. The fourth-order valence-corrected chi connectivity index (χ4v) is 6.59. The molecule has 3 N–H and O–H groups in total. The molecular formula is C22H35N3O5S2. The second-order valence-electron chi connectivity index (χ2n) is 9.23. The summed E-state index contributed by atoms with van der Waals surface area (Å²) in [6.07, 6.45) is 7.43. The molecule has 0 radical (unpaired) electrons. The Kier molecular flexibility index (Phi) is 8.35. The Bertz CT molecular complexity index is 977. The number of anilines is 1. The number of carbonyl (C=O) groups is 1. The van der Waals surface area contributed by atoms with Gasteiger partial charge in [0.15, 0.2) is 0 Å². The van der Waals surface area contributed by atoms with Gasteiger partial charge in [-0.15, -0.1) is 0 Å². The summed E-state index contributed by atoms with van der Waals surface area (Å²) in [6, 6.07) is 6.10. The van der Waals surface area contributed by atoms with Gasteiger partial charge in [0, 0.05) is 23.7 Å². The van der Waals surface area contributed by atoms with Crippen LogP contribution in [0.3, 0.4) is 0 Å². The van der Waals surface area contributed by atoms with Crippen molar-refractivity contribution in [3.05, 3.63) is 24.3 Å². The van der Waals surface area contributed by atoms with Crippen LogP contribution in [-0.4, -0.2) is 40.1 Å². The quantitative estimate of drug-likeness (QED) is 0.522. The van der Waals surface area contributed by atoms with Crippen LogP contribution in [-0.2, 0) is 24.8 Å². The molecule has 2 aliphatic rings. The van der Waals surface area contributed by atoms with Crippen LogP contribution in [0, 0.1) is 5.92 Å². The van der Waals surface area contributed by atoms with Crippen molar-refractivity contribution >= 4 is 31.6 Å². The van der Waals surface area contributed by atoms with E-state index in [4.69, 9.17) is 0 Å². The number of sulfonamides is 2. The van der Waals surface area contributed by atoms with Crippen molar-refractivity contribution in [1.82, 2.24) is 9.44 Å². The minimum atomic E-state index is -3.57. The van der Waals surface area contributed by atoms with Crippen molar-refractivity contribution in [2.75, 3.05) is 5.32 Å². The molecule has 32 heavy (non-hydrogen) atoms. The molecule has 1 aromatic rings. The zero-order valence-electron chi connectivity index (χ0n) is 18.8. The van der Waals surface area contributed by atoms with Gasteiger partial charge in [-0.1, -0.05) is 19.3 Å². The third-order valence-electron chi connectivity index (χ3n) is 6.41. The summed E-state index contributed by atoms with van der Waals surface area (Å²) in [6.45, 7) is 3.29. The van der Waals surface area contributed by atoms with Gasteiger partial charge in [-0.3, -0.25) is 4.79 Å². The van der Waals surface area contributed by atoms with Gasteiger partial charge >= 0.3 is 0 Å². The van der Waals surface area contributed by atoms with E-state index < -0.39 is 25.3 Å². The molecular weight excluding hydrogens is 450 g/mol. The van der Waals surface area contributed by atoms with E-state index in [1.54, 1.807) is 26.0 Å². The first-order valence-electron chi connectivity index (χ1n) is 11.5. The first-order chi connectivity index (χ1) is 15.1. The van der Waals surface area contributed by atoms with Crippen LogP contribution < -0.4 is 14.8 Å². The molecule has 0 spiro atoms. The van der Waals surface area contributed by atoms with Crippen LogP contribution >= 0.6 is 0 Å². The van der Waals surface area contributed by atoms with E-state index in [0.717, 1.165) is 32.1 Å². The first kappa shape index (κ1) is 25.1. The molecule has 3 rings (SSSR count). The lowest BCUT2D eigenvalue weighted by Crippen LogP contribution is -2.42. The minimum Gasteiger partial charge on any atom is -0.326 e. The van der Waals surface area contributed by atoms with E-state index in [1.807, 2.05) is 0 Å². The van der Waals surface area contributed by atoms with Gasteiger partial charge in [0.1, 0.15) is 0 Å². The maximum Gasteiger partial charge on any atom is 0.240 e. The highest BCUT2D eigenvalue weighted by Gasteiger charge is 2.29. The summed E-state index contributed by atoms with van der Waals surface area (Å²) in [4.78, 5) is 12.8. The maximum absolute atomic E-state index is 12.6. The molecule has 0 saturated heterocycles. The number of carbonyl (C=O) groups excluding carboxylic acids is 1. The topological polar surface area (TPSA) is 121 Å². The number of benzene rings is 1. The van der Waals surface area contributed by atoms with Crippen molar-refractivity contribution in [1.29, 1.82) is 0 Å². The van der Waals surface area contributed by atoms with Crippen LogP contribution in [0.25, 0.3) is 0 Å². The van der Waals surface area contributed by atoms with E-state index >= 15 is 0 Å². The molecule has 0 bridgehead atoms. The van der Waals surface area contributed by atoms with Gasteiger partial charge in [-0.25, -0.2) is 26.3 Å². The van der Waals surface area contributed by atoms with Crippen LogP contribution in [0.2, 0.25) is 0 Å². The first-order valence-corrected chi connectivity index (χ1v) is 14.5. The van der Waals surface area contributed by atoms with Crippen molar-refractivity contribution in [3.63, 3.8) is 0 Å². The van der Waals surface area contributed by atoms with Crippen molar-refractivity contribution in [3.8, 4) is 0 Å². The lowest BCUT2D eigenvalue weighted by atomic mass is 9.86. The highest BCUT2D eigenvalue weighted by molar-refractivity contribution is 7.90. The predicted octanol–water partition coefficient (Wildman–Crippen LogP) is 3.12. The average molecular weight is 486 g/mol. The second-order valence-corrected chi connectivity index (χ2v) is 13.2. The summed E-state index contributed by atoms with van der Waals surface area (Å²) in [5.74, 6) is -0.308. The van der Waals surface area contributed by atoms with Gasteiger partial charge in [0.05, 0.1) is 10.1 Å². The van der Waals surface area contributed by atoms with Gasteiger partial charge in [-0.2, -0.15) is 0 Å². The number of amides is 1. The number of hydrogen-bond acceptors (Lipinski definition) is 5. The molecule has 10 heteroatoms. The highest BCUT2D eigenvalue weighted by atomic mass is 32.2. The zero-order chi connectivity index (χ0) is 23.4. The molecule has 2 saturated carbocycles. The third-order valence-corrected chi connectivity index (χ3v) is 9.85. The number of rotatable bonds is 8. The Morgan fingerprint density at radius 2 is 1.38 bits per heavy atom. The van der Waals surface area contributed by atoms with Crippen LogP contribution in [0.1, 0.15) is 71.6 Å². The van der Waals surface area contributed by atoms with Crippen molar-refractivity contribution in [2.24, 2.45) is 5.92 Å². The van der Waals surface area contributed by atoms with E-state index in [1.165, 1.54) is 12.1 Å². The molecule has 1 amide bonds. The Labute approximate surface area is 192 Å². The van der Waals surface area contributed by atoms with Crippen LogP contribution in [0.5, 0.6) is 0 Å². The Hall–Kier alpha value is -1.49. The van der Waals surface area contributed by atoms with Crippen molar-refractivity contribution < 1.29 is 21.6 Å². The monoisotopic (exact) mass is 485 g/mol. The van der Waals surface area contributed by atoms with Crippen LogP contribution in [0.4, 0.5) is 5.69 Å². The SMILES string of the molecule is CC(C)S(=O)(=O)NC1CCC(C(=O)Nc2ccc(S(=O)(=O)NC3CCCCC3)cc2)CC1. The summed E-state index contributed by atoms with van der Waals surface area (Å²) < 4.78 is 54.8. The molecule has 0 atom stereocenters. The molecule has 1 aromatic carbocycles. The Morgan fingerprint density at radius 1 is 0.812 bits per heavy atom. The molecule has 2 aliphatic carbocycles. The largest absolute Gasteiger partial charge is 0.326 e. The second kappa shape index (κ2) is 10.6. The highest BCUT2D eigenvalue weighted by Crippen LogP contribution is 2.27. The Balaban J connectivity index is 1.50. The average Bonchev–Trinajstić information content (AvgIpc) is 2.74. The maximum atomic E-state index is 12.6. The van der Waals surface area contributed by atoms with Crippen LogP contribution in [0.15, 0.2) is 29.2 Å². The molecule has 0 heterocycles. The predicted molar refractivity (Wildman–Crippen MR) is 125 cm³/mol. The summed E-state index contributed by atoms with van der Waals surface area (Å²) in [5, 5.41) is 2.38. The molecule has 2 fully saturated rings. The Morgan fingerprint density at radius 3 is 1.94 bits per heavy atom. The zero-order valence-corrected chi connectivity index (χ0v) is 20.5. The fraction of sp³-hybridized carbons (Fsp3) is 0.682. The van der Waals surface area contributed by atoms with Gasteiger partial charge in [0.2, 0.25) is 26.0 Å². The molecule has 0 unspecified atom stereocenters. The summed E-state index contributed by atoms with van der Waals surface area (Å²) >= 11 is 0. The standard InChI is InChI=1S/C22H35N3O5S2/c1-16(2)31(27,28)24-20-10-8-17(9-11-20)22(26)23-18-12-14-21(15-13-18)32(29,30)25-19-6-4-3-5-7-19/h12-17,19-20,24-25H,3-11H2,1-2H3,(H,23,26). The lowest BCUT2D eigenvalue weighted by molar-refractivity contribution is -0.120. The van der Waals surface area contributed by atoms with E-state index in [9.17, 15) is 21.6 Å². The van der Waals surface area contributed by atoms with Gasteiger partial charge in [0.25, 0.3) is 0 Å². The van der Waals surface area contributed by atoms with E-state index in [0.29, 0.717) is 31.4 Å². The van der Waals surface area contributed by atoms with Gasteiger partial charge in [-0.05, 0) is 76.6 Å². The van der Waals surface area contributed by atoms with E-state index in [-0.39, 0.29) is 28.8 Å². The molecule has 180 valence electrons.